The third-order valence-electron chi connectivity index (χ3n) is 3.67. The molecule has 1 aliphatic heterocycles. The molecule has 0 atom stereocenters. The van der Waals surface area contributed by atoms with E-state index in [2.05, 4.69) is 25.2 Å². The Morgan fingerprint density at radius 2 is 1.90 bits per heavy atom. The zero-order valence-corrected chi connectivity index (χ0v) is 12.2. The molecule has 3 rings (SSSR count). The van der Waals surface area contributed by atoms with Crippen LogP contribution in [0.5, 0.6) is 0 Å². The first-order chi connectivity index (χ1) is 10.2. The van der Waals surface area contributed by atoms with E-state index in [-0.39, 0.29) is 5.82 Å². The number of anilines is 2. The lowest BCUT2D eigenvalue weighted by Gasteiger charge is -2.16. The summed E-state index contributed by atoms with van der Waals surface area (Å²) >= 11 is 0. The molecule has 0 spiro atoms. The highest BCUT2D eigenvalue weighted by molar-refractivity contribution is 5.59. The van der Waals surface area contributed by atoms with Crippen LogP contribution in [-0.4, -0.2) is 35.1 Å². The zero-order valence-electron chi connectivity index (χ0n) is 12.2. The summed E-state index contributed by atoms with van der Waals surface area (Å²) in [7, 11) is 1.77. The van der Waals surface area contributed by atoms with Crippen LogP contribution >= 0.6 is 0 Å². The monoisotopic (exact) mass is 287 g/mol. The van der Waals surface area contributed by atoms with E-state index in [0.29, 0.717) is 28.8 Å². The second-order valence-corrected chi connectivity index (χ2v) is 5.19. The number of aryl methyl sites for hydroxylation is 1. The summed E-state index contributed by atoms with van der Waals surface area (Å²) in [6.45, 7) is 3.64. The highest BCUT2D eigenvalue weighted by atomic mass is 19.1. The molecule has 1 N–H and O–H groups in total. The SMILES string of the molecule is CNc1nc(-c2ccc(C)c(F)c2)nc(N2CCCC2)n1. The summed E-state index contributed by atoms with van der Waals surface area (Å²) in [5, 5.41) is 2.94. The summed E-state index contributed by atoms with van der Waals surface area (Å²) in [5.74, 6) is 1.41. The maximum Gasteiger partial charge on any atom is 0.230 e. The van der Waals surface area contributed by atoms with Crippen LogP contribution in [0.4, 0.5) is 16.3 Å². The van der Waals surface area contributed by atoms with Gasteiger partial charge in [0.25, 0.3) is 0 Å². The van der Waals surface area contributed by atoms with Crippen LogP contribution in [0.25, 0.3) is 11.4 Å². The lowest BCUT2D eigenvalue weighted by molar-refractivity contribution is 0.619. The Hall–Kier alpha value is -2.24. The van der Waals surface area contributed by atoms with Crippen LogP contribution in [-0.2, 0) is 0 Å². The van der Waals surface area contributed by atoms with Crippen molar-refractivity contribution in [1.29, 1.82) is 0 Å². The van der Waals surface area contributed by atoms with Gasteiger partial charge in [-0.2, -0.15) is 15.0 Å². The van der Waals surface area contributed by atoms with Gasteiger partial charge in [0, 0.05) is 25.7 Å². The molecule has 5 nitrogen and oxygen atoms in total. The zero-order chi connectivity index (χ0) is 14.8. The molecular weight excluding hydrogens is 269 g/mol. The molecule has 2 heterocycles. The third kappa shape index (κ3) is 2.79. The molecule has 0 saturated carbocycles. The number of nitrogens with one attached hydrogen (secondary N) is 1. The predicted molar refractivity (Wildman–Crippen MR) is 81.0 cm³/mol. The molecule has 0 bridgehead atoms. The van der Waals surface area contributed by atoms with Crippen LogP contribution in [0.1, 0.15) is 18.4 Å². The maximum atomic E-state index is 13.8. The van der Waals surface area contributed by atoms with E-state index < -0.39 is 0 Å². The average Bonchev–Trinajstić information content (AvgIpc) is 3.04. The molecule has 0 unspecified atom stereocenters. The van der Waals surface area contributed by atoms with E-state index in [0.717, 1.165) is 25.9 Å². The van der Waals surface area contributed by atoms with Crippen LogP contribution in [0, 0.1) is 12.7 Å². The molecule has 1 aromatic heterocycles. The molecule has 0 amide bonds. The molecule has 1 fully saturated rings. The Morgan fingerprint density at radius 1 is 1.14 bits per heavy atom. The van der Waals surface area contributed by atoms with Crippen molar-refractivity contribution in [2.75, 3.05) is 30.4 Å². The van der Waals surface area contributed by atoms with Gasteiger partial charge < -0.3 is 10.2 Å². The van der Waals surface area contributed by atoms with E-state index in [9.17, 15) is 4.39 Å². The van der Waals surface area contributed by atoms with E-state index >= 15 is 0 Å². The highest BCUT2D eigenvalue weighted by Gasteiger charge is 2.18. The minimum absolute atomic E-state index is 0.248. The second-order valence-electron chi connectivity index (χ2n) is 5.19. The largest absolute Gasteiger partial charge is 0.357 e. The average molecular weight is 287 g/mol. The first-order valence-electron chi connectivity index (χ1n) is 7.12. The molecule has 21 heavy (non-hydrogen) atoms. The number of rotatable bonds is 3. The van der Waals surface area contributed by atoms with Gasteiger partial charge in [-0.1, -0.05) is 12.1 Å². The number of hydrogen-bond donors (Lipinski definition) is 1. The Bertz CT molecular complexity index is 653. The van der Waals surface area contributed by atoms with Crippen molar-refractivity contribution in [2.45, 2.75) is 19.8 Å². The first-order valence-corrected chi connectivity index (χ1v) is 7.12. The standard InChI is InChI=1S/C15H18FN5/c1-10-5-6-11(9-12(10)16)13-18-14(17-2)20-15(19-13)21-7-3-4-8-21/h5-6,9H,3-4,7-8H2,1-2H3,(H,17,18,19,20). The lowest BCUT2D eigenvalue weighted by atomic mass is 10.1. The minimum Gasteiger partial charge on any atom is -0.357 e. The summed E-state index contributed by atoms with van der Waals surface area (Å²) in [6.07, 6.45) is 2.30. The van der Waals surface area contributed by atoms with Gasteiger partial charge in [0.05, 0.1) is 0 Å². The predicted octanol–water partition coefficient (Wildman–Crippen LogP) is 2.63. The van der Waals surface area contributed by atoms with Crippen LogP contribution in [0.2, 0.25) is 0 Å². The third-order valence-corrected chi connectivity index (χ3v) is 3.67. The van der Waals surface area contributed by atoms with Gasteiger partial charge in [-0.05, 0) is 31.4 Å². The fourth-order valence-corrected chi connectivity index (χ4v) is 2.40. The van der Waals surface area contributed by atoms with E-state index in [4.69, 9.17) is 0 Å². The van der Waals surface area contributed by atoms with Gasteiger partial charge in [0.15, 0.2) is 5.82 Å². The van der Waals surface area contributed by atoms with Crippen molar-refractivity contribution in [3.05, 3.63) is 29.6 Å². The Labute approximate surface area is 123 Å². The number of aromatic nitrogens is 3. The number of halogens is 1. The molecule has 6 heteroatoms. The van der Waals surface area contributed by atoms with Crippen LogP contribution in [0.15, 0.2) is 18.2 Å². The summed E-state index contributed by atoms with van der Waals surface area (Å²) < 4.78 is 13.8. The number of nitrogens with zero attached hydrogens (tertiary/aromatic N) is 4. The van der Waals surface area contributed by atoms with Crippen molar-refractivity contribution < 1.29 is 4.39 Å². The summed E-state index contributed by atoms with van der Waals surface area (Å²) in [4.78, 5) is 15.4. The van der Waals surface area contributed by atoms with Gasteiger partial charge >= 0.3 is 0 Å². The molecular formula is C15H18FN5. The van der Waals surface area contributed by atoms with Crippen molar-refractivity contribution in [3.63, 3.8) is 0 Å². The van der Waals surface area contributed by atoms with E-state index in [1.54, 1.807) is 20.0 Å². The Morgan fingerprint density at radius 3 is 2.57 bits per heavy atom. The quantitative estimate of drug-likeness (QED) is 0.940. The van der Waals surface area contributed by atoms with Crippen LogP contribution in [0.3, 0.4) is 0 Å². The molecule has 0 radical (unpaired) electrons. The topological polar surface area (TPSA) is 53.9 Å². The molecule has 1 aliphatic rings. The van der Waals surface area contributed by atoms with E-state index in [1.807, 2.05) is 6.07 Å². The van der Waals surface area contributed by atoms with E-state index in [1.165, 1.54) is 6.07 Å². The summed E-state index contributed by atoms with van der Waals surface area (Å²) in [6, 6.07) is 5.04. The highest BCUT2D eigenvalue weighted by Crippen LogP contribution is 2.23. The first kappa shape index (κ1) is 13.7. The fourth-order valence-electron chi connectivity index (χ4n) is 2.40. The smallest absolute Gasteiger partial charge is 0.230 e. The van der Waals surface area contributed by atoms with Crippen LogP contribution < -0.4 is 10.2 Å². The van der Waals surface area contributed by atoms with Gasteiger partial charge in [0.1, 0.15) is 5.82 Å². The molecule has 1 saturated heterocycles. The van der Waals surface area contributed by atoms with Crippen molar-refractivity contribution in [2.24, 2.45) is 0 Å². The minimum atomic E-state index is -0.248. The van der Waals surface area contributed by atoms with Crippen molar-refractivity contribution >= 4 is 11.9 Å². The molecule has 110 valence electrons. The number of hydrogen-bond acceptors (Lipinski definition) is 5. The molecule has 1 aromatic carbocycles. The Balaban J connectivity index is 2.04. The van der Waals surface area contributed by atoms with Crippen molar-refractivity contribution in [1.82, 2.24) is 15.0 Å². The fraction of sp³-hybridized carbons (Fsp3) is 0.400. The number of benzene rings is 1. The summed E-state index contributed by atoms with van der Waals surface area (Å²) in [5.41, 5.74) is 1.28. The second kappa shape index (κ2) is 5.63. The van der Waals surface area contributed by atoms with Crippen molar-refractivity contribution in [3.8, 4) is 11.4 Å². The Kier molecular flexibility index (Phi) is 3.68. The van der Waals surface area contributed by atoms with Gasteiger partial charge in [-0.3, -0.25) is 0 Å². The van der Waals surface area contributed by atoms with Gasteiger partial charge in [0.2, 0.25) is 11.9 Å². The maximum absolute atomic E-state index is 13.8. The van der Waals surface area contributed by atoms with Gasteiger partial charge in [-0.25, -0.2) is 4.39 Å². The lowest BCUT2D eigenvalue weighted by Crippen LogP contribution is -2.21. The van der Waals surface area contributed by atoms with Gasteiger partial charge in [-0.15, -0.1) is 0 Å². The molecule has 2 aromatic rings. The molecule has 0 aliphatic carbocycles. The normalized spacial score (nSPS) is 14.5.